The minimum atomic E-state index is -0.807. The van der Waals surface area contributed by atoms with Gasteiger partial charge < -0.3 is 29.1 Å². The fourth-order valence-electron chi connectivity index (χ4n) is 4.89. The largest absolute Gasteiger partial charge is 0.444 e. The van der Waals surface area contributed by atoms with Gasteiger partial charge in [0.15, 0.2) is 5.82 Å². The van der Waals surface area contributed by atoms with Gasteiger partial charge in [-0.05, 0) is 71.7 Å². The smallest absolute Gasteiger partial charge is 0.408 e. The second kappa shape index (κ2) is 12.9. The summed E-state index contributed by atoms with van der Waals surface area (Å²) in [6.45, 7) is 13.1. The Morgan fingerprint density at radius 2 is 1.65 bits per heavy atom. The third kappa shape index (κ3) is 8.41. The highest BCUT2D eigenvalue weighted by molar-refractivity contribution is 6.00. The van der Waals surface area contributed by atoms with Gasteiger partial charge in [0.25, 0.3) is 11.8 Å². The van der Waals surface area contributed by atoms with Crippen LogP contribution < -0.4 is 5.32 Å². The molecule has 1 aliphatic rings. The lowest BCUT2D eigenvalue weighted by atomic mass is 10.0. The molecule has 0 aliphatic carbocycles. The van der Waals surface area contributed by atoms with Gasteiger partial charge in [-0.25, -0.2) is 4.79 Å². The Hall–Kier alpha value is -4.25. The van der Waals surface area contributed by atoms with Crippen LogP contribution in [0.15, 0.2) is 64.3 Å². The van der Waals surface area contributed by atoms with Crippen molar-refractivity contribution in [3.63, 3.8) is 0 Å². The number of amides is 2. The molecule has 230 valence electrons. The molecule has 1 saturated heterocycles. The number of hydrogen-bond donors (Lipinski definition) is 1. The molecular formula is C32H41N5O6. The van der Waals surface area contributed by atoms with Crippen molar-refractivity contribution in [1.29, 1.82) is 0 Å². The Balaban J connectivity index is 1.61. The highest BCUT2D eigenvalue weighted by Crippen LogP contribution is 2.33. The van der Waals surface area contributed by atoms with Crippen LogP contribution in [-0.2, 0) is 14.3 Å². The van der Waals surface area contributed by atoms with Crippen molar-refractivity contribution in [2.45, 2.75) is 84.3 Å². The third-order valence-corrected chi connectivity index (χ3v) is 6.58. The minimum Gasteiger partial charge on any atom is -0.444 e. The Labute approximate surface area is 252 Å². The molecule has 3 atom stereocenters. The number of nitrogens with one attached hydrogen (secondary N) is 1. The first-order valence-corrected chi connectivity index (χ1v) is 14.3. The van der Waals surface area contributed by atoms with E-state index in [-0.39, 0.29) is 24.2 Å². The summed E-state index contributed by atoms with van der Waals surface area (Å²) in [6, 6.07) is 16.0. The number of carbonyl (C=O) groups is 2. The summed E-state index contributed by atoms with van der Waals surface area (Å²) >= 11 is 0. The van der Waals surface area contributed by atoms with Crippen LogP contribution in [-0.4, -0.2) is 63.7 Å². The highest BCUT2D eigenvalue weighted by Gasteiger charge is 2.39. The van der Waals surface area contributed by atoms with Crippen molar-refractivity contribution in [3.05, 3.63) is 71.9 Å². The molecule has 0 radical (unpaired) electrons. The van der Waals surface area contributed by atoms with Gasteiger partial charge in [0.1, 0.15) is 24.8 Å². The highest BCUT2D eigenvalue weighted by atomic mass is 16.6. The Kier molecular flexibility index (Phi) is 9.54. The first-order chi connectivity index (χ1) is 20.2. The second-order valence-corrected chi connectivity index (χ2v) is 12.5. The molecule has 0 unspecified atom stereocenters. The predicted molar refractivity (Wildman–Crippen MR) is 161 cm³/mol. The van der Waals surface area contributed by atoms with Gasteiger partial charge in [-0.15, -0.1) is 0 Å². The summed E-state index contributed by atoms with van der Waals surface area (Å²) in [5.74, 6) is 0.212. The number of benzene rings is 2. The van der Waals surface area contributed by atoms with Gasteiger partial charge in [0.2, 0.25) is 0 Å². The van der Waals surface area contributed by atoms with Crippen molar-refractivity contribution in [2.24, 2.45) is 5.16 Å². The van der Waals surface area contributed by atoms with E-state index in [1.165, 1.54) is 7.11 Å². The maximum atomic E-state index is 13.8. The molecule has 0 saturated carbocycles. The predicted octanol–water partition coefficient (Wildman–Crippen LogP) is 6.10. The van der Waals surface area contributed by atoms with E-state index in [0.717, 1.165) is 11.1 Å². The van der Waals surface area contributed by atoms with Crippen LogP contribution in [0.3, 0.4) is 0 Å². The quantitative estimate of drug-likeness (QED) is 0.312. The van der Waals surface area contributed by atoms with Crippen LogP contribution in [0.4, 0.5) is 4.79 Å². The molecule has 1 aromatic heterocycles. The number of hydrogen-bond acceptors (Lipinski definition) is 9. The molecule has 43 heavy (non-hydrogen) atoms. The van der Waals surface area contributed by atoms with Crippen LogP contribution in [0.2, 0.25) is 0 Å². The molecule has 3 aromatic rings. The normalized spacial score (nSPS) is 17.9. The number of oxime groups is 1. The molecule has 11 nitrogen and oxygen atoms in total. The zero-order valence-corrected chi connectivity index (χ0v) is 26.1. The van der Waals surface area contributed by atoms with Crippen molar-refractivity contribution in [3.8, 4) is 11.1 Å². The number of nitrogens with zero attached hydrogens (tertiary/aromatic N) is 4. The summed E-state index contributed by atoms with van der Waals surface area (Å²) in [5, 5.41) is 11.2. The third-order valence-electron chi connectivity index (χ3n) is 6.58. The lowest BCUT2D eigenvalue weighted by Gasteiger charge is -2.30. The zero-order chi connectivity index (χ0) is 31.4. The number of alkyl carbamates (subject to hydrolysis) is 1. The first-order valence-electron chi connectivity index (χ1n) is 14.3. The Morgan fingerprint density at radius 1 is 1.00 bits per heavy atom. The molecule has 2 heterocycles. The van der Waals surface area contributed by atoms with Crippen molar-refractivity contribution in [2.75, 3.05) is 13.7 Å². The maximum absolute atomic E-state index is 13.8. The van der Waals surface area contributed by atoms with Gasteiger partial charge in [-0.1, -0.05) is 52.8 Å². The summed E-state index contributed by atoms with van der Waals surface area (Å²) in [5.41, 5.74) is 2.05. The lowest BCUT2D eigenvalue weighted by molar-refractivity contribution is -0.0716. The minimum absolute atomic E-state index is 0.134. The fraction of sp³-hybridized carbons (Fsp3) is 0.469. The lowest BCUT2D eigenvalue weighted by Crippen LogP contribution is -2.42. The standard InChI is InChI=1S/C32H41N5O6/c1-20(41-31(2,3)4)26(33-30(39)42-32(5,6)7)28-34-27(36-43-28)25-18-24(35-40-8)19-37(25)29(38)23-16-14-22(15-17-23)21-12-10-9-11-13-21/h9-17,20,25-26H,18-19H2,1-8H3,(H,33,39)/b35-24+/t20-,25+,26+/m1/s1. The molecule has 11 heteroatoms. The summed E-state index contributed by atoms with van der Waals surface area (Å²) in [7, 11) is 1.46. The van der Waals surface area contributed by atoms with E-state index in [1.54, 1.807) is 37.8 Å². The van der Waals surface area contributed by atoms with Crippen molar-refractivity contribution in [1.82, 2.24) is 20.4 Å². The number of likely N-dealkylation sites (tertiary alicyclic amines) is 1. The molecule has 2 aromatic carbocycles. The van der Waals surface area contributed by atoms with E-state index in [1.807, 2.05) is 70.2 Å². The number of aromatic nitrogens is 2. The van der Waals surface area contributed by atoms with Gasteiger partial charge >= 0.3 is 6.09 Å². The van der Waals surface area contributed by atoms with Crippen molar-refractivity contribution < 1.29 is 28.4 Å². The van der Waals surface area contributed by atoms with E-state index in [9.17, 15) is 9.59 Å². The molecule has 1 fully saturated rings. The van der Waals surface area contributed by atoms with E-state index in [4.69, 9.17) is 18.8 Å². The molecule has 4 rings (SSSR count). The molecular weight excluding hydrogens is 550 g/mol. The zero-order valence-electron chi connectivity index (χ0n) is 26.1. The van der Waals surface area contributed by atoms with E-state index < -0.39 is 35.5 Å². The first kappa shape index (κ1) is 31.7. The number of carbonyl (C=O) groups excluding carboxylic acids is 2. The topological polar surface area (TPSA) is 128 Å². The number of ether oxygens (including phenoxy) is 2. The molecule has 2 amide bonds. The Bertz CT molecular complexity index is 1420. The van der Waals surface area contributed by atoms with Gasteiger partial charge in [-0.2, -0.15) is 4.98 Å². The van der Waals surface area contributed by atoms with Gasteiger partial charge in [-0.3, -0.25) is 4.79 Å². The summed E-state index contributed by atoms with van der Waals surface area (Å²) in [4.78, 5) is 37.8. The van der Waals surface area contributed by atoms with Crippen LogP contribution in [0, 0.1) is 0 Å². The van der Waals surface area contributed by atoms with E-state index in [0.29, 0.717) is 17.7 Å². The maximum Gasteiger partial charge on any atom is 0.408 e. The van der Waals surface area contributed by atoms with Crippen molar-refractivity contribution >= 4 is 17.7 Å². The van der Waals surface area contributed by atoms with E-state index >= 15 is 0 Å². The SMILES string of the molecule is CO/N=C1\C[C@@H](c2noc([C@@H](NC(=O)OC(C)(C)C)[C@@H](C)OC(C)(C)C)n2)N(C(=O)c2ccc(-c3ccccc3)cc2)C1. The van der Waals surface area contributed by atoms with Gasteiger partial charge in [0.05, 0.1) is 24.0 Å². The molecule has 1 N–H and O–H groups in total. The molecule has 0 bridgehead atoms. The van der Waals surface area contributed by atoms with Crippen LogP contribution >= 0.6 is 0 Å². The fourth-order valence-corrected chi connectivity index (χ4v) is 4.89. The van der Waals surface area contributed by atoms with Crippen LogP contribution in [0.5, 0.6) is 0 Å². The molecule has 1 aliphatic heterocycles. The molecule has 0 spiro atoms. The monoisotopic (exact) mass is 591 g/mol. The summed E-state index contributed by atoms with van der Waals surface area (Å²) in [6.07, 6.45) is -0.831. The van der Waals surface area contributed by atoms with Crippen LogP contribution in [0.25, 0.3) is 11.1 Å². The summed E-state index contributed by atoms with van der Waals surface area (Å²) < 4.78 is 17.3. The van der Waals surface area contributed by atoms with E-state index in [2.05, 4.69) is 20.6 Å². The number of rotatable bonds is 8. The van der Waals surface area contributed by atoms with Crippen LogP contribution in [0.1, 0.15) is 89.0 Å². The second-order valence-electron chi connectivity index (χ2n) is 12.5. The average molecular weight is 592 g/mol. The Morgan fingerprint density at radius 3 is 2.26 bits per heavy atom. The average Bonchev–Trinajstić information content (AvgIpc) is 3.58. The van der Waals surface area contributed by atoms with Gasteiger partial charge in [0, 0.05) is 12.0 Å².